The van der Waals surface area contributed by atoms with Crippen molar-refractivity contribution in [1.82, 2.24) is 29.5 Å². The van der Waals surface area contributed by atoms with E-state index in [9.17, 15) is 4.79 Å². The van der Waals surface area contributed by atoms with Crippen molar-refractivity contribution in [3.05, 3.63) is 118 Å². The third-order valence-electron chi connectivity index (χ3n) is 13.6. The van der Waals surface area contributed by atoms with Gasteiger partial charge in [0.2, 0.25) is 5.91 Å². The van der Waals surface area contributed by atoms with E-state index in [4.69, 9.17) is 21.4 Å². The first kappa shape index (κ1) is 43.2. The molecule has 9 rings (SSSR count). The number of allylic oxidation sites excluding steroid dienone is 4. The van der Waals surface area contributed by atoms with Crippen LogP contribution in [0.4, 0.5) is 17.2 Å². The highest BCUT2D eigenvalue weighted by Gasteiger charge is 2.28. The number of aromatic nitrogens is 6. The van der Waals surface area contributed by atoms with Crippen LogP contribution in [0.15, 0.2) is 72.0 Å². The minimum absolute atomic E-state index is 0.0704. The van der Waals surface area contributed by atoms with Crippen molar-refractivity contribution in [1.29, 1.82) is 0 Å². The number of hydrogen-bond acceptors (Lipinski definition) is 8. The number of amides is 1. The molecule has 65 heavy (non-hydrogen) atoms. The number of nitrogens with one attached hydrogen (secondary N) is 4. The van der Waals surface area contributed by atoms with Crippen LogP contribution in [0.3, 0.4) is 0 Å². The fourth-order valence-corrected chi connectivity index (χ4v) is 10.2. The molecule has 12 nitrogen and oxygen atoms in total. The van der Waals surface area contributed by atoms with Gasteiger partial charge >= 0.3 is 0 Å². The molecule has 12 heteroatoms. The van der Waals surface area contributed by atoms with E-state index in [1.165, 1.54) is 22.3 Å². The average molecular weight is 866 g/mol. The third kappa shape index (κ3) is 7.45. The highest BCUT2D eigenvalue weighted by atomic mass is 16.1. The van der Waals surface area contributed by atoms with Crippen molar-refractivity contribution in [3.63, 3.8) is 0 Å². The summed E-state index contributed by atoms with van der Waals surface area (Å²) in [5, 5.41) is 6.48. The lowest BCUT2D eigenvalue weighted by Crippen LogP contribution is -2.18. The second-order valence-corrected chi connectivity index (χ2v) is 17.2. The van der Waals surface area contributed by atoms with Gasteiger partial charge in [-0.15, -0.1) is 0 Å². The number of nitrogens with two attached hydrogens (primary N) is 2. The van der Waals surface area contributed by atoms with Gasteiger partial charge in [-0.1, -0.05) is 64.1 Å². The Kier molecular flexibility index (Phi) is 11.6. The molecular weight excluding hydrogens is 807 g/mol. The van der Waals surface area contributed by atoms with Gasteiger partial charge in [0.15, 0.2) is 0 Å². The number of aryl methyl sites for hydroxylation is 5. The lowest BCUT2D eigenvalue weighted by atomic mass is 9.92. The van der Waals surface area contributed by atoms with Crippen LogP contribution in [-0.2, 0) is 24.2 Å². The van der Waals surface area contributed by atoms with Gasteiger partial charge in [0.25, 0.3) is 0 Å². The number of nitrogen functional groups attached to an aromatic ring is 1. The summed E-state index contributed by atoms with van der Waals surface area (Å²) < 4.78 is 1.99. The first-order valence-corrected chi connectivity index (χ1v) is 23.0. The zero-order valence-electron chi connectivity index (χ0n) is 38.8. The van der Waals surface area contributed by atoms with Gasteiger partial charge in [-0.2, -0.15) is 0 Å². The quantitative estimate of drug-likeness (QED) is 0.0701. The summed E-state index contributed by atoms with van der Waals surface area (Å²) in [5.41, 5.74) is 35.9. The highest BCUT2D eigenvalue weighted by molar-refractivity contribution is 6.06. The number of aliphatic imine (C=N–C) groups is 1. The number of aromatic amines is 2. The first-order valence-electron chi connectivity index (χ1n) is 23.0. The van der Waals surface area contributed by atoms with E-state index in [1.54, 1.807) is 12.7 Å². The lowest BCUT2D eigenvalue weighted by molar-refractivity contribution is -0.116. The zero-order valence-corrected chi connectivity index (χ0v) is 38.8. The monoisotopic (exact) mass is 865 g/mol. The van der Waals surface area contributed by atoms with E-state index in [1.807, 2.05) is 41.0 Å². The smallest absolute Gasteiger partial charge is 0.224 e. The number of anilines is 3. The minimum Gasteiger partial charge on any atom is -0.398 e. The Bertz CT molecular complexity index is 3050. The molecule has 0 radical (unpaired) electrons. The van der Waals surface area contributed by atoms with Crippen LogP contribution in [0.2, 0.25) is 0 Å². The van der Waals surface area contributed by atoms with E-state index < -0.39 is 6.17 Å². The van der Waals surface area contributed by atoms with E-state index in [-0.39, 0.29) is 5.91 Å². The minimum atomic E-state index is -0.498. The van der Waals surface area contributed by atoms with Crippen molar-refractivity contribution in [2.45, 2.75) is 107 Å². The van der Waals surface area contributed by atoms with Crippen LogP contribution in [0.1, 0.15) is 124 Å². The Hall–Kier alpha value is -7.05. The molecular formula is C53H59N11O. The van der Waals surface area contributed by atoms with E-state index in [0.29, 0.717) is 30.8 Å². The number of hydrogen-bond donors (Lipinski definition) is 6. The number of benzene rings is 2. The Balaban J connectivity index is 1.29. The maximum atomic E-state index is 13.9. The number of H-pyrrole nitrogens is 2. The molecule has 7 heterocycles. The number of rotatable bonds is 11. The van der Waals surface area contributed by atoms with Gasteiger partial charge < -0.3 is 36.6 Å². The number of para-hydroxylation sites is 2. The van der Waals surface area contributed by atoms with E-state index in [0.717, 1.165) is 127 Å². The molecule has 4 aromatic heterocycles. The molecule has 3 aliphatic heterocycles. The molecule has 0 aliphatic carbocycles. The fraction of sp³-hybridized carbons (Fsp3) is 0.302. The van der Waals surface area contributed by atoms with Crippen molar-refractivity contribution in [3.8, 4) is 22.3 Å². The molecule has 1 amide bonds. The molecule has 0 saturated carbocycles. The molecule has 6 aromatic rings. The number of carbonyl (C=O) groups excluding carboxylic acids is 1. The molecule has 0 fully saturated rings. The van der Waals surface area contributed by atoms with Gasteiger partial charge in [-0.3, -0.25) is 9.79 Å². The van der Waals surface area contributed by atoms with Gasteiger partial charge in [-0.25, -0.2) is 15.0 Å². The molecule has 0 spiro atoms. The normalized spacial score (nSPS) is 14.6. The van der Waals surface area contributed by atoms with Gasteiger partial charge in [0, 0.05) is 57.6 Å². The van der Waals surface area contributed by atoms with Crippen molar-refractivity contribution in [2.75, 3.05) is 16.4 Å². The molecule has 2 aromatic carbocycles. The first-order chi connectivity index (χ1) is 31.5. The Morgan fingerprint density at radius 3 is 1.89 bits per heavy atom. The second-order valence-electron chi connectivity index (χ2n) is 17.2. The van der Waals surface area contributed by atoms with E-state index >= 15 is 0 Å². The number of carbonyl (C=O) groups is 1. The summed E-state index contributed by atoms with van der Waals surface area (Å²) in [6.45, 7) is 18.2. The predicted molar refractivity (Wildman–Crippen MR) is 269 cm³/mol. The SMILES string of the molecule is CCC1=C(C)c2nc1cc1[nH]c(c(C)c1CC)c(-c1ccccc1NC(=O)CCCn1cnc3c1NC=NC3N)c1[nH]c(cc3nc(c2-c2ccccc2N)C(C)=C3CC)c(CC)c1C. The Morgan fingerprint density at radius 1 is 0.754 bits per heavy atom. The summed E-state index contributed by atoms with van der Waals surface area (Å²) in [6.07, 6.45) is 7.00. The average Bonchev–Trinajstić information content (AvgIpc) is 4.09. The molecule has 332 valence electrons. The van der Waals surface area contributed by atoms with Crippen LogP contribution in [0, 0.1) is 13.8 Å². The van der Waals surface area contributed by atoms with Crippen LogP contribution in [0.5, 0.6) is 0 Å². The summed E-state index contributed by atoms with van der Waals surface area (Å²) in [7, 11) is 0. The summed E-state index contributed by atoms with van der Waals surface area (Å²) in [6, 6.07) is 20.7. The molecule has 8 N–H and O–H groups in total. The van der Waals surface area contributed by atoms with Gasteiger partial charge in [0.1, 0.15) is 17.7 Å². The van der Waals surface area contributed by atoms with Crippen molar-refractivity contribution < 1.29 is 4.79 Å². The summed E-state index contributed by atoms with van der Waals surface area (Å²) in [4.78, 5) is 41.5. The maximum Gasteiger partial charge on any atom is 0.224 e. The van der Waals surface area contributed by atoms with Crippen LogP contribution in [-0.4, -0.2) is 41.7 Å². The van der Waals surface area contributed by atoms with Gasteiger partial charge in [-0.05, 0) is 129 Å². The zero-order chi connectivity index (χ0) is 45.7. The van der Waals surface area contributed by atoms with Crippen LogP contribution >= 0.6 is 0 Å². The van der Waals surface area contributed by atoms with Gasteiger partial charge in [0.05, 0.1) is 46.5 Å². The van der Waals surface area contributed by atoms with Crippen LogP contribution in [0.25, 0.3) is 66.6 Å². The summed E-state index contributed by atoms with van der Waals surface area (Å²) in [5.74, 6) is 0.745. The van der Waals surface area contributed by atoms with Crippen LogP contribution < -0.4 is 22.1 Å². The lowest BCUT2D eigenvalue weighted by Gasteiger charge is -2.15. The molecule has 0 saturated heterocycles. The Morgan fingerprint density at radius 2 is 1.32 bits per heavy atom. The topological polar surface area (TPSA) is 181 Å². The fourth-order valence-electron chi connectivity index (χ4n) is 10.2. The Labute approximate surface area is 380 Å². The predicted octanol–water partition coefficient (Wildman–Crippen LogP) is 11.7. The molecule has 1 unspecified atom stereocenters. The maximum absolute atomic E-state index is 13.9. The molecule has 8 bridgehead atoms. The third-order valence-corrected chi connectivity index (χ3v) is 13.6. The standard InChI is InChI=1S/C53H59N11O/c1-9-32-28(5)47-45(36-18-13-15-20-38(36)54)48-29(6)33(10-2)41(61-48)25-43-35(12-4)31(8)50(63-43)46(49-30(7)34(11-3)42(62-49)24-40(32)60-47)37-19-14-16-21-39(37)59-44(65)22-17-23-64-27-58-51-52(55)56-26-57-53(51)64/h13-16,18-21,24-27,52,62-63H,9-12,17,22-23,54-55H2,1-8H3,(H,56,57)(H,59,65). The molecule has 3 aliphatic rings. The number of fused-ring (bicyclic) bond motifs is 9. The van der Waals surface area contributed by atoms with Crippen molar-refractivity contribution >= 4 is 73.8 Å². The number of imidazole rings is 1. The second kappa shape index (κ2) is 17.5. The van der Waals surface area contributed by atoms with E-state index in [2.05, 4.69) is 110 Å². The summed E-state index contributed by atoms with van der Waals surface area (Å²) >= 11 is 0. The molecule has 1 atom stereocenters. The largest absolute Gasteiger partial charge is 0.398 e. The van der Waals surface area contributed by atoms with Crippen molar-refractivity contribution in [2.24, 2.45) is 10.7 Å². The number of nitrogens with zero attached hydrogens (tertiary/aromatic N) is 5. The highest BCUT2D eigenvalue weighted by Crippen LogP contribution is 2.46.